The molecule has 0 saturated carbocycles. The molecule has 160 valence electrons. The van der Waals surface area contributed by atoms with Crippen LogP contribution in [-0.4, -0.2) is 60.6 Å². The number of rotatable bonds is 8. The van der Waals surface area contributed by atoms with Gasteiger partial charge in [-0.3, -0.25) is 14.5 Å². The van der Waals surface area contributed by atoms with Crippen LogP contribution in [0.25, 0.3) is 0 Å². The van der Waals surface area contributed by atoms with Gasteiger partial charge in [0.2, 0.25) is 11.8 Å². The molecular formula is C22H32ClN3O3. The number of ether oxygens (including phenoxy) is 1. The molecule has 0 spiro atoms. The molecule has 2 fully saturated rings. The summed E-state index contributed by atoms with van der Waals surface area (Å²) >= 11 is 5.98. The lowest BCUT2D eigenvalue weighted by Gasteiger charge is -2.41. The lowest BCUT2D eigenvalue weighted by molar-refractivity contribution is -0.123. The van der Waals surface area contributed by atoms with Crippen molar-refractivity contribution >= 4 is 23.4 Å². The second-order valence-electron chi connectivity index (χ2n) is 8.82. The summed E-state index contributed by atoms with van der Waals surface area (Å²) in [6, 6.07) is 7.70. The first-order chi connectivity index (χ1) is 13.8. The molecule has 2 aliphatic rings. The van der Waals surface area contributed by atoms with Crippen LogP contribution in [-0.2, 0) is 20.7 Å². The standard InChI is InChI=1S/C22H32ClN3O3/c1-21(2,26-11-13-29-14-12-26)16-24-19(27)7-9-22(10-8-20(28)25-22)15-17-3-5-18(23)6-4-17/h3-6H,7-16H2,1-2H3,(H,24,27)(H,25,28). The number of hydrogen-bond donors (Lipinski definition) is 2. The van der Waals surface area contributed by atoms with E-state index in [9.17, 15) is 9.59 Å². The smallest absolute Gasteiger partial charge is 0.220 e. The summed E-state index contributed by atoms with van der Waals surface area (Å²) in [5.74, 6) is 0.0933. The van der Waals surface area contributed by atoms with Crippen LogP contribution in [0.5, 0.6) is 0 Å². The maximum Gasteiger partial charge on any atom is 0.220 e. The summed E-state index contributed by atoms with van der Waals surface area (Å²) in [6.45, 7) is 8.16. The molecule has 1 atom stereocenters. The number of carbonyl (C=O) groups is 2. The Morgan fingerprint density at radius 3 is 2.59 bits per heavy atom. The molecule has 3 rings (SSSR count). The van der Waals surface area contributed by atoms with Gasteiger partial charge in [-0.05, 0) is 50.8 Å². The number of nitrogens with zero attached hydrogens (tertiary/aromatic N) is 1. The zero-order valence-electron chi connectivity index (χ0n) is 17.4. The SMILES string of the molecule is CC(C)(CNC(=O)CCC1(Cc2ccc(Cl)cc2)CCC(=O)N1)N1CCOCC1. The van der Waals surface area contributed by atoms with Gasteiger partial charge in [0, 0.05) is 48.6 Å². The van der Waals surface area contributed by atoms with Gasteiger partial charge in [0.15, 0.2) is 0 Å². The van der Waals surface area contributed by atoms with E-state index < -0.39 is 0 Å². The Morgan fingerprint density at radius 1 is 1.28 bits per heavy atom. The molecule has 2 heterocycles. The zero-order valence-corrected chi connectivity index (χ0v) is 18.2. The van der Waals surface area contributed by atoms with Crippen molar-refractivity contribution in [2.45, 2.75) is 57.0 Å². The second-order valence-corrected chi connectivity index (χ2v) is 9.26. The topological polar surface area (TPSA) is 70.7 Å². The summed E-state index contributed by atoms with van der Waals surface area (Å²) in [4.78, 5) is 26.9. The normalized spacial score (nSPS) is 23.1. The number of benzene rings is 1. The lowest BCUT2D eigenvalue weighted by atomic mass is 9.85. The molecule has 2 saturated heterocycles. The fourth-order valence-corrected chi connectivity index (χ4v) is 4.34. The summed E-state index contributed by atoms with van der Waals surface area (Å²) < 4.78 is 5.42. The van der Waals surface area contributed by atoms with Crippen LogP contribution in [0.3, 0.4) is 0 Å². The van der Waals surface area contributed by atoms with Crippen molar-refractivity contribution in [3.63, 3.8) is 0 Å². The van der Waals surface area contributed by atoms with E-state index in [0.29, 0.717) is 37.3 Å². The molecule has 1 aromatic carbocycles. The van der Waals surface area contributed by atoms with Crippen molar-refractivity contribution in [1.82, 2.24) is 15.5 Å². The van der Waals surface area contributed by atoms with E-state index in [-0.39, 0.29) is 22.9 Å². The van der Waals surface area contributed by atoms with E-state index in [1.54, 1.807) is 0 Å². The van der Waals surface area contributed by atoms with Crippen molar-refractivity contribution in [3.8, 4) is 0 Å². The second kappa shape index (κ2) is 9.45. The van der Waals surface area contributed by atoms with E-state index in [1.807, 2.05) is 24.3 Å². The molecule has 1 aromatic rings. The highest BCUT2D eigenvalue weighted by atomic mass is 35.5. The van der Waals surface area contributed by atoms with Crippen molar-refractivity contribution in [1.29, 1.82) is 0 Å². The minimum absolute atomic E-state index is 0.0305. The summed E-state index contributed by atoms with van der Waals surface area (Å²) in [5, 5.41) is 6.92. The van der Waals surface area contributed by atoms with Gasteiger partial charge in [-0.25, -0.2) is 0 Å². The number of halogens is 1. The van der Waals surface area contributed by atoms with Crippen LogP contribution in [0.15, 0.2) is 24.3 Å². The summed E-state index contributed by atoms with van der Waals surface area (Å²) in [6.07, 6.45) is 3.00. The minimum atomic E-state index is -0.359. The average molecular weight is 422 g/mol. The van der Waals surface area contributed by atoms with Crippen LogP contribution < -0.4 is 10.6 Å². The average Bonchev–Trinajstić information content (AvgIpc) is 3.08. The van der Waals surface area contributed by atoms with E-state index in [1.165, 1.54) is 0 Å². The first-order valence-corrected chi connectivity index (χ1v) is 10.8. The number of amides is 2. The molecule has 7 heteroatoms. The molecule has 0 aromatic heterocycles. The van der Waals surface area contributed by atoms with E-state index in [2.05, 4.69) is 29.4 Å². The zero-order chi connectivity index (χ0) is 20.9. The van der Waals surface area contributed by atoms with Gasteiger partial charge < -0.3 is 15.4 Å². The Bertz CT molecular complexity index is 717. The van der Waals surface area contributed by atoms with E-state index in [0.717, 1.165) is 38.3 Å². The molecule has 2 amide bonds. The number of carbonyl (C=O) groups excluding carboxylic acids is 2. The summed E-state index contributed by atoms with van der Waals surface area (Å²) in [5.41, 5.74) is 0.648. The molecule has 0 bridgehead atoms. The fraction of sp³-hybridized carbons (Fsp3) is 0.636. The first kappa shape index (κ1) is 22.1. The highest BCUT2D eigenvalue weighted by Gasteiger charge is 2.38. The first-order valence-electron chi connectivity index (χ1n) is 10.4. The van der Waals surface area contributed by atoms with Crippen LogP contribution in [0, 0.1) is 0 Å². The third-order valence-corrected chi connectivity index (χ3v) is 6.36. The van der Waals surface area contributed by atoms with Gasteiger partial charge in [0.1, 0.15) is 0 Å². The van der Waals surface area contributed by atoms with Gasteiger partial charge in [-0.1, -0.05) is 23.7 Å². The molecular weight excluding hydrogens is 390 g/mol. The fourth-order valence-electron chi connectivity index (χ4n) is 4.21. The van der Waals surface area contributed by atoms with E-state index in [4.69, 9.17) is 16.3 Å². The van der Waals surface area contributed by atoms with Crippen molar-refractivity contribution in [2.75, 3.05) is 32.8 Å². The Labute approximate surface area is 178 Å². The van der Waals surface area contributed by atoms with Crippen molar-refractivity contribution < 1.29 is 14.3 Å². The maximum atomic E-state index is 12.6. The van der Waals surface area contributed by atoms with Crippen molar-refractivity contribution in [2.24, 2.45) is 0 Å². The monoisotopic (exact) mass is 421 g/mol. The third kappa shape index (κ3) is 6.17. The van der Waals surface area contributed by atoms with E-state index >= 15 is 0 Å². The number of hydrogen-bond acceptors (Lipinski definition) is 4. The highest BCUT2D eigenvalue weighted by molar-refractivity contribution is 6.30. The Hall–Kier alpha value is -1.63. The molecule has 0 radical (unpaired) electrons. The predicted octanol–water partition coefficient (Wildman–Crippen LogP) is 2.54. The highest BCUT2D eigenvalue weighted by Crippen LogP contribution is 2.30. The number of morpholine rings is 1. The Morgan fingerprint density at radius 2 is 1.97 bits per heavy atom. The largest absolute Gasteiger partial charge is 0.379 e. The van der Waals surface area contributed by atoms with Gasteiger partial charge >= 0.3 is 0 Å². The predicted molar refractivity (Wildman–Crippen MR) is 114 cm³/mol. The van der Waals surface area contributed by atoms with Gasteiger partial charge in [-0.2, -0.15) is 0 Å². The Kier molecular flexibility index (Phi) is 7.19. The minimum Gasteiger partial charge on any atom is -0.379 e. The molecule has 6 nitrogen and oxygen atoms in total. The Balaban J connectivity index is 1.53. The van der Waals surface area contributed by atoms with Crippen LogP contribution in [0.4, 0.5) is 0 Å². The van der Waals surface area contributed by atoms with Gasteiger partial charge in [0.05, 0.1) is 13.2 Å². The quantitative estimate of drug-likeness (QED) is 0.676. The molecule has 2 N–H and O–H groups in total. The van der Waals surface area contributed by atoms with Crippen LogP contribution in [0.2, 0.25) is 5.02 Å². The number of nitrogens with one attached hydrogen (secondary N) is 2. The molecule has 0 aliphatic carbocycles. The molecule has 1 unspecified atom stereocenters. The maximum absolute atomic E-state index is 12.6. The lowest BCUT2D eigenvalue weighted by Crippen LogP contribution is -2.55. The van der Waals surface area contributed by atoms with Crippen LogP contribution in [0.1, 0.15) is 45.1 Å². The van der Waals surface area contributed by atoms with Crippen molar-refractivity contribution in [3.05, 3.63) is 34.9 Å². The third-order valence-electron chi connectivity index (χ3n) is 6.11. The molecule has 29 heavy (non-hydrogen) atoms. The summed E-state index contributed by atoms with van der Waals surface area (Å²) in [7, 11) is 0. The molecule has 2 aliphatic heterocycles. The van der Waals surface area contributed by atoms with Gasteiger partial charge in [0.25, 0.3) is 0 Å². The van der Waals surface area contributed by atoms with Gasteiger partial charge in [-0.15, -0.1) is 0 Å². The van der Waals surface area contributed by atoms with Crippen LogP contribution >= 0.6 is 11.6 Å².